The Bertz CT molecular complexity index is 968. The minimum atomic E-state index is -0.624. The van der Waals surface area contributed by atoms with E-state index in [0.717, 1.165) is 18.4 Å². The van der Waals surface area contributed by atoms with Crippen molar-refractivity contribution in [1.82, 2.24) is 9.47 Å². The molecular weight excluding hydrogens is 368 g/mol. The van der Waals surface area contributed by atoms with Gasteiger partial charge in [0.15, 0.2) is 5.78 Å². The molecule has 1 aliphatic rings. The van der Waals surface area contributed by atoms with E-state index in [2.05, 4.69) is 0 Å². The van der Waals surface area contributed by atoms with Crippen LogP contribution in [-0.4, -0.2) is 46.3 Å². The number of esters is 1. The molecule has 1 saturated carbocycles. The maximum Gasteiger partial charge on any atom is 0.354 e. The smallest absolute Gasteiger partial charge is 0.354 e. The second kappa shape index (κ2) is 7.85. The third kappa shape index (κ3) is 3.71. The van der Waals surface area contributed by atoms with Gasteiger partial charge in [0, 0.05) is 29.9 Å². The highest BCUT2D eigenvalue weighted by Crippen LogP contribution is 2.32. The van der Waals surface area contributed by atoms with Gasteiger partial charge in [-0.3, -0.25) is 9.59 Å². The van der Waals surface area contributed by atoms with E-state index in [9.17, 15) is 14.4 Å². The first-order chi connectivity index (χ1) is 13.7. The number of amides is 1. The summed E-state index contributed by atoms with van der Waals surface area (Å²) in [5.41, 5.74) is 3.80. The van der Waals surface area contributed by atoms with E-state index in [1.54, 1.807) is 42.5 Å². The first-order valence-corrected chi connectivity index (χ1v) is 9.86. The zero-order valence-electron chi connectivity index (χ0n) is 17.9. The van der Waals surface area contributed by atoms with Crippen LogP contribution in [0.2, 0.25) is 0 Å². The summed E-state index contributed by atoms with van der Waals surface area (Å²) in [7, 11) is 3.06. The Morgan fingerprint density at radius 2 is 1.69 bits per heavy atom. The number of benzene rings is 1. The molecule has 6 heteroatoms. The number of aromatic nitrogens is 1. The van der Waals surface area contributed by atoms with Crippen LogP contribution in [0.15, 0.2) is 24.3 Å². The van der Waals surface area contributed by atoms with Crippen molar-refractivity contribution in [3.8, 4) is 0 Å². The van der Waals surface area contributed by atoms with Crippen molar-refractivity contribution in [3.05, 3.63) is 57.9 Å². The normalized spacial score (nSPS) is 14.4. The number of hydrogen-bond acceptors (Lipinski definition) is 4. The third-order valence-electron chi connectivity index (χ3n) is 5.83. The lowest BCUT2D eigenvalue weighted by Gasteiger charge is -2.29. The molecule has 0 bridgehead atoms. The van der Waals surface area contributed by atoms with E-state index in [4.69, 9.17) is 4.74 Å². The first kappa shape index (κ1) is 20.8. The highest BCUT2D eigenvalue weighted by molar-refractivity contribution is 6.07. The molecule has 1 amide bonds. The van der Waals surface area contributed by atoms with Crippen LogP contribution in [0.25, 0.3) is 0 Å². The highest BCUT2D eigenvalue weighted by atomic mass is 16.5. The van der Waals surface area contributed by atoms with Crippen molar-refractivity contribution in [1.29, 1.82) is 0 Å². The summed E-state index contributed by atoms with van der Waals surface area (Å²) in [6.07, 6.45) is 1.80. The molecule has 6 nitrogen and oxygen atoms in total. The molecule has 154 valence electrons. The molecule has 2 aromatic rings. The van der Waals surface area contributed by atoms with Gasteiger partial charge >= 0.3 is 5.97 Å². The van der Waals surface area contributed by atoms with Crippen LogP contribution in [0.3, 0.4) is 0 Å². The summed E-state index contributed by atoms with van der Waals surface area (Å²) in [6, 6.07) is 6.86. The lowest BCUT2D eigenvalue weighted by Crippen LogP contribution is -2.45. The summed E-state index contributed by atoms with van der Waals surface area (Å²) >= 11 is 0. The fraction of sp³-hybridized carbons (Fsp3) is 0.435. The van der Waals surface area contributed by atoms with Crippen LogP contribution in [0.1, 0.15) is 67.8 Å². The Labute approximate surface area is 171 Å². The predicted octanol–water partition coefficient (Wildman–Crippen LogP) is 3.61. The van der Waals surface area contributed by atoms with E-state index in [0.29, 0.717) is 28.1 Å². The van der Waals surface area contributed by atoms with Gasteiger partial charge in [-0.2, -0.15) is 0 Å². The summed E-state index contributed by atoms with van der Waals surface area (Å²) in [5.74, 6) is -0.763. The fourth-order valence-corrected chi connectivity index (χ4v) is 3.92. The molecule has 0 N–H and O–H groups in total. The molecule has 0 unspecified atom stereocenters. The van der Waals surface area contributed by atoms with Crippen molar-refractivity contribution in [2.45, 2.75) is 52.6 Å². The van der Waals surface area contributed by atoms with Gasteiger partial charge in [0.05, 0.1) is 13.2 Å². The number of Topliss-reactive ketones (excluding diaryl/α,β-unsaturated/α-hetero) is 1. The number of ether oxygens (including phenoxy) is 1. The Balaban J connectivity index is 1.97. The monoisotopic (exact) mass is 396 g/mol. The number of carbonyl (C=O) groups is 3. The van der Waals surface area contributed by atoms with Crippen molar-refractivity contribution < 1.29 is 19.1 Å². The number of carbonyl (C=O) groups excluding carboxylic acids is 3. The van der Waals surface area contributed by atoms with Crippen molar-refractivity contribution in [2.24, 2.45) is 7.05 Å². The number of hydrogen-bond donors (Lipinski definition) is 0. The standard InChI is InChI=1S/C23H28N2O4/c1-13-7-9-17(10-8-13)22(27)25(18-11-12-18)16(4)21(26)19-14(2)20(23(28)29-6)24(5)15(19)3/h7-10,16,18H,11-12H2,1-6H3/t16-/m1/s1. The first-order valence-electron chi connectivity index (χ1n) is 9.86. The second-order valence-electron chi connectivity index (χ2n) is 7.83. The van der Waals surface area contributed by atoms with Crippen molar-refractivity contribution in [3.63, 3.8) is 0 Å². The van der Waals surface area contributed by atoms with Crippen LogP contribution >= 0.6 is 0 Å². The number of ketones is 1. The van der Waals surface area contributed by atoms with Gasteiger partial charge in [0.1, 0.15) is 5.69 Å². The van der Waals surface area contributed by atoms with Gasteiger partial charge in [-0.05, 0) is 58.2 Å². The summed E-state index contributed by atoms with van der Waals surface area (Å²) in [5, 5.41) is 0. The average Bonchev–Trinajstić information content (AvgIpc) is 3.49. The molecule has 1 heterocycles. The van der Waals surface area contributed by atoms with Gasteiger partial charge in [-0.15, -0.1) is 0 Å². The molecule has 0 radical (unpaired) electrons. The SMILES string of the molecule is COC(=O)c1c(C)c(C(=O)[C@@H](C)N(C(=O)c2ccc(C)cc2)C2CC2)c(C)n1C. The van der Waals surface area contributed by atoms with Crippen LogP contribution < -0.4 is 0 Å². The zero-order chi connectivity index (χ0) is 21.5. The summed E-state index contributed by atoms with van der Waals surface area (Å²) < 4.78 is 6.56. The maximum absolute atomic E-state index is 13.5. The average molecular weight is 396 g/mol. The molecule has 0 spiro atoms. The van der Waals surface area contributed by atoms with Gasteiger partial charge in [0.2, 0.25) is 0 Å². The Kier molecular flexibility index (Phi) is 5.64. The molecule has 1 aromatic carbocycles. The quantitative estimate of drug-likeness (QED) is 0.552. The zero-order valence-corrected chi connectivity index (χ0v) is 17.9. The number of aryl methyl sites for hydroxylation is 1. The van der Waals surface area contributed by atoms with Crippen LogP contribution in [0, 0.1) is 20.8 Å². The summed E-state index contributed by atoms with van der Waals surface area (Å²) in [4.78, 5) is 40.5. The molecule has 29 heavy (non-hydrogen) atoms. The van der Waals surface area contributed by atoms with Gasteiger partial charge in [0.25, 0.3) is 5.91 Å². The number of methoxy groups -OCH3 is 1. The van der Waals surface area contributed by atoms with E-state index in [1.165, 1.54) is 7.11 Å². The lowest BCUT2D eigenvalue weighted by molar-refractivity contribution is 0.0587. The molecule has 1 atom stereocenters. The molecule has 0 aliphatic heterocycles. The Hall–Kier alpha value is -2.89. The molecule has 1 aromatic heterocycles. The Morgan fingerprint density at radius 3 is 2.21 bits per heavy atom. The molecular formula is C23H28N2O4. The van der Waals surface area contributed by atoms with E-state index in [1.807, 2.05) is 26.0 Å². The van der Waals surface area contributed by atoms with Crippen LogP contribution in [0.4, 0.5) is 0 Å². The molecule has 1 aliphatic carbocycles. The molecule has 1 fully saturated rings. The second-order valence-corrected chi connectivity index (χ2v) is 7.83. The van der Waals surface area contributed by atoms with E-state index >= 15 is 0 Å². The van der Waals surface area contributed by atoms with Gasteiger partial charge in [-0.1, -0.05) is 17.7 Å². The van der Waals surface area contributed by atoms with Crippen LogP contribution in [0.5, 0.6) is 0 Å². The Morgan fingerprint density at radius 1 is 1.10 bits per heavy atom. The highest BCUT2D eigenvalue weighted by Gasteiger charge is 2.40. The number of rotatable bonds is 6. The summed E-state index contributed by atoms with van der Waals surface area (Å²) in [6.45, 7) is 7.31. The minimum absolute atomic E-state index is 0.0761. The van der Waals surface area contributed by atoms with Crippen LogP contribution in [-0.2, 0) is 11.8 Å². The predicted molar refractivity (Wildman–Crippen MR) is 110 cm³/mol. The molecule has 3 rings (SSSR count). The van der Waals surface area contributed by atoms with Gasteiger partial charge in [-0.25, -0.2) is 4.79 Å². The van der Waals surface area contributed by atoms with Gasteiger partial charge < -0.3 is 14.2 Å². The van der Waals surface area contributed by atoms with Crippen molar-refractivity contribution >= 4 is 17.7 Å². The van der Waals surface area contributed by atoms with E-state index in [-0.39, 0.29) is 17.7 Å². The topological polar surface area (TPSA) is 68.6 Å². The minimum Gasteiger partial charge on any atom is -0.464 e. The number of nitrogens with zero attached hydrogens (tertiary/aromatic N) is 2. The molecule has 0 saturated heterocycles. The van der Waals surface area contributed by atoms with E-state index < -0.39 is 12.0 Å². The van der Waals surface area contributed by atoms with Crippen molar-refractivity contribution in [2.75, 3.05) is 7.11 Å². The third-order valence-corrected chi connectivity index (χ3v) is 5.83. The fourth-order valence-electron chi connectivity index (χ4n) is 3.92. The maximum atomic E-state index is 13.5. The lowest BCUT2D eigenvalue weighted by atomic mass is 9.99. The largest absolute Gasteiger partial charge is 0.464 e.